The van der Waals surface area contributed by atoms with Gasteiger partial charge in [-0.2, -0.15) is 0 Å². The normalized spacial score (nSPS) is 11.3. The van der Waals surface area contributed by atoms with Gasteiger partial charge in [0.1, 0.15) is 16.0 Å². The van der Waals surface area contributed by atoms with Crippen LogP contribution in [-0.4, -0.2) is 0 Å². The molecule has 0 bridgehead atoms. The van der Waals surface area contributed by atoms with Crippen LogP contribution in [0.4, 0.5) is 5.00 Å². The summed E-state index contributed by atoms with van der Waals surface area (Å²) < 4.78 is 6.08. The van der Waals surface area contributed by atoms with Crippen LogP contribution in [0, 0.1) is 0 Å². The molecule has 0 aliphatic carbocycles. The van der Waals surface area contributed by atoms with Crippen molar-refractivity contribution in [3.05, 3.63) is 38.5 Å². The number of nitrogen functional groups attached to an aromatic ring is 1. The van der Waals surface area contributed by atoms with Gasteiger partial charge in [0.05, 0.1) is 3.79 Å². The van der Waals surface area contributed by atoms with Gasteiger partial charge in [-0.3, -0.25) is 0 Å². The molecule has 0 radical (unpaired) electrons. The summed E-state index contributed by atoms with van der Waals surface area (Å²) in [6.07, 6.45) is 0. The van der Waals surface area contributed by atoms with Crippen LogP contribution in [0.2, 0.25) is 0 Å². The number of fused-ring (bicyclic) bond motifs is 3. The van der Waals surface area contributed by atoms with E-state index in [2.05, 4.69) is 15.9 Å². The fourth-order valence-corrected chi connectivity index (χ4v) is 3.51. The monoisotopic (exact) mass is 295 g/mol. The Bertz CT molecular complexity index is 760. The lowest BCUT2D eigenvalue weighted by Gasteiger charge is -1.98. The average molecular weight is 296 g/mol. The quantitative estimate of drug-likeness (QED) is 0.647. The maximum absolute atomic E-state index is 11.8. The molecule has 0 spiro atoms. The molecule has 3 rings (SSSR count). The zero-order valence-electron chi connectivity index (χ0n) is 7.99. The van der Waals surface area contributed by atoms with Crippen molar-refractivity contribution in [2.75, 3.05) is 5.73 Å². The van der Waals surface area contributed by atoms with E-state index in [-0.39, 0.29) is 5.63 Å². The number of anilines is 1. The van der Waals surface area contributed by atoms with E-state index >= 15 is 0 Å². The van der Waals surface area contributed by atoms with Crippen molar-refractivity contribution in [1.82, 2.24) is 0 Å². The summed E-state index contributed by atoms with van der Waals surface area (Å²) in [6.45, 7) is 0. The van der Waals surface area contributed by atoms with Crippen molar-refractivity contribution in [1.29, 1.82) is 0 Å². The van der Waals surface area contributed by atoms with E-state index in [0.717, 1.165) is 14.6 Å². The molecule has 2 N–H and O–H groups in total. The summed E-state index contributed by atoms with van der Waals surface area (Å²) >= 11 is 4.78. The third-order valence-electron chi connectivity index (χ3n) is 2.46. The molecule has 0 saturated heterocycles. The van der Waals surface area contributed by atoms with Gasteiger partial charge in [0.2, 0.25) is 0 Å². The fourth-order valence-electron chi connectivity index (χ4n) is 1.78. The molecule has 5 heteroatoms. The van der Waals surface area contributed by atoms with Crippen LogP contribution in [0.1, 0.15) is 0 Å². The number of para-hydroxylation sites is 1. The summed E-state index contributed by atoms with van der Waals surface area (Å²) in [5.41, 5.74) is 6.00. The summed E-state index contributed by atoms with van der Waals surface area (Å²) in [5.74, 6) is 0. The topological polar surface area (TPSA) is 56.2 Å². The van der Waals surface area contributed by atoms with Gasteiger partial charge < -0.3 is 10.2 Å². The van der Waals surface area contributed by atoms with E-state index in [4.69, 9.17) is 10.2 Å². The van der Waals surface area contributed by atoms with E-state index in [0.29, 0.717) is 16.0 Å². The third kappa shape index (κ3) is 1.22. The number of hydrogen-bond acceptors (Lipinski definition) is 4. The van der Waals surface area contributed by atoms with E-state index < -0.39 is 0 Å². The highest BCUT2D eigenvalue weighted by molar-refractivity contribution is 9.11. The van der Waals surface area contributed by atoms with Gasteiger partial charge in [-0.1, -0.05) is 18.2 Å². The Morgan fingerprint density at radius 1 is 1.25 bits per heavy atom. The molecule has 0 fully saturated rings. The zero-order chi connectivity index (χ0) is 11.3. The van der Waals surface area contributed by atoms with Gasteiger partial charge >= 0.3 is 5.63 Å². The molecular formula is C11H6BrNO2S. The largest absolute Gasteiger partial charge is 0.422 e. The molecule has 3 aromatic rings. The minimum absolute atomic E-state index is 0.381. The van der Waals surface area contributed by atoms with E-state index in [1.54, 1.807) is 6.07 Å². The van der Waals surface area contributed by atoms with E-state index in [9.17, 15) is 4.79 Å². The van der Waals surface area contributed by atoms with Crippen LogP contribution < -0.4 is 11.4 Å². The Hall–Kier alpha value is -1.33. The van der Waals surface area contributed by atoms with E-state index in [1.165, 1.54) is 11.3 Å². The summed E-state index contributed by atoms with van der Waals surface area (Å²) in [7, 11) is 0. The Morgan fingerprint density at radius 2 is 2.00 bits per heavy atom. The molecule has 0 amide bonds. The summed E-state index contributed by atoms with van der Waals surface area (Å²) in [6, 6.07) is 7.43. The Kier molecular flexibility index (Phi) is 2.05. The maximum Gasteiger partial charge on any atom is 0.347 e. The van der Waals surface area contributed by atoms with Crippen molar-refractivity contribution in [3.8, 4) is 0 Å². The lowest BCUT2D eigenvalue weighted by Crippen LogP contribution is -2.00. The summed E-state index contributed by atoms with van der Waals surface area (Å²) in [4.78, 5) is 11.8. The molecule has 0 saturated carbocycles. The van der Waals surface area contributed by atoms with Crippen molar-refractivity contribution >= 4 is 54.0 Å². The molecule has 0 atom stereocenters. The van der Waals surface area contributed by atoms with Gasteiger partial charge in [0.25, 0.3) is 0 Å². The smallest absolute Gasteiger partial charge is 0.347 e. The number of benzene rings is 1. The molecule has 2 aromatic heterocycles. The maximum atomic E-state index is 11.8. The van der Waals surface area contributed by atoms with Crippen LogP contribution in [0.5, 0.6) is 0 Å². The minimum Gasteiger partial charge on any atom is -0.422 e. The standard InChI is InChI=1S/C11H6BrNO2S/c12-9-7-5-3-1-2-4-6(5)15-11(14)8(7)10(13)16-9/h1-4H,13H2. The number of halogens is 1. The Balaban J connectivity index is 2.74. The van der Waals surface area contributed by atoms with Crippen LogP contribution in [0.25, 0.3) is 21.7 Å². The predicted molar refractivity (Wildman–Crippen MR) is 70.0 cm³/mol. The van der Waals surface area contributed by atoms with E-state index in [1.807, 2.05) is 18.2 Å². The zero-order valence-corrected chi connectivity index (χ0v) is 10.4. The molecule has 2 heterocycles. The molecule has 1 aromatic carbocycles. The highest BCUT2D eigenvalue weighted by Gasteiger charge is 2.15. The van der Waals surface area contributed by atoms with Crippen LogP contribution in [0.3, 0.4) is 0 Å². The first kappa shape index (κ1) is 9.86. The van der Waals surface area contributed by atoms with Gasteiger partial charge in [-0.15, -0.1) is 11.3 Å². The van der Waals surface area contributed by atoms with Crippen LogP contribution >= 0.6 is 27.3 Å². The van der Waals surface area contributed by atoms with Crippen molar-refractivity contribution in [2.24, 2.45) is 0 Å². The third-order valence-corrected chi connectivity index (χ3v) is 4.15. The van der Waals surface area contributed by atoms with Crippen molar-refractivity contribution in [3.63, 3.8) is 0 Å². The lowest BCUT2D eigenvalue weighted by molar-refractivity contribution is 0.570. The van der Waals surface area contributed by atoms with Crippen molar-refractivity contribution in [2.45, 2.75) is 0 Å². The second-order valence-corrected chi connectivity index (χ2v) is 5.75. The van der Waals surface area contributed by atoms with Crippen molar-refractivity contribution < 1.29 is 4.42 Å². The molecule has 0 aliphatic rings. The van der Waals surface area contributed by atoms with Crippen LogP contribution in [-0.2, 0) is 0 Å². The SMILES string of the molecule is Nc1sc(Br)c2c1c(=O)oc1ccccc12. The minimum atomic E-state index is -0.381. The molecular weight excluding hydrogens is 290 g/mol. The van der Waals surface area contributed by atoms with Gasteiger partial charge in [-0.25, -0.2) is 4.79 Å². The molecule has 16 heavy (non-hydrogen) atoms. The highest BCUT2D eigenvalue weighted by atomic mass is 79.9. The first-order chi connectivity index (χ1) is 7.68. The van der Waals surface area contributed by atoms with Gasteiger partial charge in [-0.05, 0) is 22.0 Å². The highest BCUT2D eigenvalue weighted by Crippen LogP contribution is 2.39. The second kappa shape index (κ2) is 3.33. The number of thiophene rings is 1. The fraction of sp³-hybridized carbons (Fsp3) is 0. The second-order valence-electron chi connectivity index (χ2n) is 3.38. The first-order valence-corrected chi connectivity index (χ1v) is 6.19. The van der Waals surface area contributed by atoms with Crippen LogP contribution in [0.15, 0.2) is 37.3 Å². The Morgan fingerprint density at radius 3 is 2.81 bits per heavy atom. The number of nitrogens with two attached hydrogens (primary N) is 1. The average Bonchev–Trinajstić information content (AvgIpc) is 2.55. The van der Waals surface area contributed by atoms with Gasteiger partial charge in [0, 0.05) is 10.8 Å². The Labute approximate surface area is 103 Å². The van der Waals surface area contributed by atoms with Gasteiger partial charge in [0.15, 0.2) is 0 Å². The predicted octanol–water partition coefficient (Wildman–Crippen LogP) is 3.35. The number of hydrogen-bond donors (Lipinski definition) is 1. The lowest BCUT2D eigenvalue weighted by atomic mass is 10.1. The molecule has 0 unspecified atom stereocenters. The molecule has 80 valence electrons. The molecule has 3 nitrogen and oxygen atoms in total. The molecule has 0 aliphatic heterocycles. The summed E-state index contributed by atoms with van der Waals surface area (Å²) in [5, 5.41) is 2.70. The number of rotatable bonds is 0. The first-order valence-electron chi connectivity index (χ1n) is 4.58.